The normalized spacial score (nSPS) is 11.9. The Morgan fingerprint density at radius 3 is 1.68 bits per heavy atom. The second-order valence-electron chi connectivity index (χ2n) is 6.24. The van der Waals surface area contributed by atoms with Crippen molar-refractivity contribution in [3.63, 3.8) is 0 Å². The number of aliphatic hydroxyl groups is 1. The molecule has 0 radical (unpaired) electrons. The van der Waals surface area contributed by atoms with Crippen LogP contribution < -0.4 is 63.3 Å². The molecule has 0 rings (SSSR count). The summed E-state index contributed by atoms with van der Waals surface area (Å²) in [5.74, 6) is -0.928. The van der Waals surface area contributed by atoms with Gasteiger partial charge >= 0.3 is 58.2 Å². The maximum Gasteiger partial charge on any atom is 1.00 e. The Morgan fingerprint density at radius 2 is 1.23 bits per heavy atom. The van der Waals surface area contributed by atoms with E-state index in [0.717, 1.165) is 38.5 Å². The third-order valence-corrected chi connectivity index (χ3v) is 4.06. The van der Waals surface area contributed by atoms with E-state index in [0.29, 0.717) is 0 Å². The van der Waals surface area contributed by atoms with E-state index in [4.69, 9.17) is 0 Å². The Bertz CT molecular complexity index is 234. The van der Waals surface area contributed by atoms with Crippen molar-refractivity contribution in [1.82, 2.24) is 0 Å². The number of aliphatic hydroxyl groups excluding tert-OH is 1. The molecule has 0 saturated carbocycles. The van der Waals surface area contributed by atoms with Gasteiger partial charge in [-0.05, 0) is 25.7 Å². The van der Waals surface area contributed by atoms with Gasteiger partial charge in [-0.2, -0.15) is 0 Å². The average molecular weight is 385 g/mol. The summed E-state index contributed by atoms with van der Waals surface area (Å²) in [6.45, 7) is 2.21. The van der Waals surface area contributed by atoms with Gasteiger partial charge < -0.3 is 15.0 Å². The fraction of sp³-hybridized carbons (Fsp3) is 0.944. The number of unbranched alkanes of at least 4 members (excludes halogenated alkanes) is 10. The molecule has 0 spiro atoms. The van der Waals surface area contributed by atoms with E-state index < -0.39 is 5.97 Å². The first-order chi connectivity index (χ1) is 10.2. The van der Waals surface area contributed by atoms with Crippen molar-refractivity contribution in [3.05, 3.63) is 0 Å². The number of rotatable bonds is 16. The topological polar surface area (TPSA) is 60.4 Å². The van der Waals surface area contributed by atoms with Gasteiger partial charge in [0.15, 0.2) is 0 Å². The molecule has 0 aromatic carbocycles. The summed E-state index contributed by atoms with van der Waals surface area (Å²) in [6, 6.07) is 0. The van der Waals surface area contributed by atoms with Crippen LogP contribution in [-0.2, 0) is 4.79 Å². The summed E-state index contributed by atoms with van der Waals surface area (Å²) < 4.78 is 0. The minimum absolute atomic E-state index is 0. The second-order valence-corrected chi connectivity index (χ2v) is 6.24. The summed E-state index contributed by atoms with van der Waals surface area (Å²) in [5.41, 5.74) is 0. The average Bonchev–Trinajstić information content (AvgIpc) is 2.45. The van der Waals surface area contributed by atoms with Crippen LogP contribution in [0, 0.1) is 0 Å². The minimum atomic E-state index is -0.928. The maximum absolute atomic E-state index is 10.2. The Morgan fingerprint density at radius 1 is 0.818 bits per heavy atom. The SMILES string of the molecule is CCCCCCC(O)CCCCCCCCCCC(=O)[O-].[Rb+]. The molecule has 126 valence electrons. The van der Waals surface area contributed by atoms with Crippen LogP contribution in [0.25, 0.3) is 0 Å². The molecule has 0 aromatic rings. The van der Waals surface area contributed by atoms with Gasteiger partial charge in [0.05, 0.1) is 6.10 Å². The van der Waals surface area contributed by atoms with E-state index in [1.807, 2.05) is 0 Å². The number of carboxylic acid groups (broad SMARTS) is 1. The zero-order valence-corrected chi connectivity index (χ0v) is 19.9. The molecule has 1 atom stereocenters. The molecular weight excluding hydrogens is 350 g/mol. The Labute approximate surface area is 186 Å². The predicted octanol–water partition coefficient (Wildman–Crippen LogP) is 0.973. The molecular formula is C18H35O3Rb. The van der Waals surface area contributed by atoms with Crippen LogP contribution in [0.3, 0.4) is 0 Å². The monoisotopic (exact) mass is 384 g/mol. The third-order valence-electron chi connectivity index (χ3n) is 4.06. The van der Waals surface area contributed by atoms with Crippen molar-refractivity contribution >= 4 is 5.97 Å². The van der Waals surface area contributed by atoms with Crippen molar-refractivity contribution in [2.24, 2.45) is 0 Å². The molecule has 0 heterocycles. The Kier molecular flexibility index (Phi) is 23.5. The first-order valence-electron chi connectivity index (χ1n) is 9.04. The molecule has 3 nitrogen and oxygen atoms in total. The van der Waals surface area contributed by atoms with Crippen LogP contribution in [-0.4, -0.2) is 17.2 Å². The summed E-state index contributed by atoms with van der Waals surface area (Å²) >= 11 is 0. The number of carboxylic acids is 1. The molecule has 0 saturated heterocycles. The summed E-state index contributed by atoms with van der Waals surface area (Å²) in [7, 11) is 0. The number of hydrogen-bond donors (Lipinski definition) is 1. The van der Waals surface area contributed by atoms with Gasteiger partial charge in [-0.15, -0.1) is 0 Å². The zero-order valence-electron chi connectivity index (χ0n) is 14.9. The molecule has 0 aliphatic heterocycles. The summed E-state index contributed by atoms with van der Waals surface area (Å²) in [6.07, 6.45) is 15.9. The molecule has 0 bridgehead atoms. The van der Waals surface area contributed by atoms with Gasteiger partial charge in [0.1, 0.15) is 0 Å². The van der Waals surface area contributed by atoms with Crippen LogP contribution in [0.1, 0.15) is 103 Å². The molecule has 0 aromatic heterocycles. The smallest absolute Gasteiger partial charge is 0.550 e. The largest absolute Gasteiger partial charge is 1.00 e. The Hall–Kier alpha value is 1.24. The van der Waals surface area contributed by atoms with Crippen molar-refractivity contribution in [2.75, 3.05) is 0 Å². The predicted molar refractivity (Wildman–Crippen MR) is 85.9 cm³/mol. The minimum Gasteiger partial charge on any atom is -0.550 e. The Balaban J connectivity index is 0. The maximum atomic E-state index is 10.2. The van der Waals surface area contributed by atoms with Crippen molar-refractivity contribution in [2.45, 2.75) is 109 Å². The number of hydrogen-bond acceptors (Lipinski definition) is 3. The van der Waals surface area contributed by atoms with E-state index in [2.05, 4.69) is 6.92 Å². The molecule has 22 heavy (non-hydrogen) atoms. The molecule has 1 unspecified atom stereocenters. The standard InChI is InChI=1S/C18H36O3.Rb/c1-2-3-4-11-14-17(19)15-12-9-7-5-6-8-10-13-16-18(20)21;/h17,19H,2-16H2,1H3,(H,20,21);/q;+1/p-1. The molecule has 4 heteroatoms. The van der Waals surface area contributed by atoms with Crippen molar-refractivity contribution in [3.8, 4) is 0 Å². The van der Waals surface area contributed by atoms with Gasteiger partial charge in [0.2, 0.25) is 0 Å². The van der Waals surface area contributed by atoms with E-state index in [1.165, 1.54) is 51.4 Å². The number of carbonyl (C=O) groups excluding carboxylic acids is 1. The van der Waals surface area contributed by atoms with E-state index in [1.54, 1.807) is 0 Å². The van der Waals surface area contributed by atoms with Crippen LogP contribution in [0.15, 0.2) is 0 Å². The third kappa shape index (κ3) is 21.2. The van der Waals surface area contributed by atoms with Gasteiger partial charge in [0.25, 0.3) is 0 Å². The van der Waals surface area contributed by atoms with Crippen molar-refractivity contribution in [1.29, 1.82) is 0 Å². The first kappa shape index (κ1) is 25.5. The van der Waals surface area contributed by atoms with Gasteiger partial charge in [-0.3, -0.25) is 0 Å². The van der Waals surface area contributed by atoms with Crippen molar-refractivity contribution < 1.29 is 73.2 Å². The molecule has 0 aliphatic rings. The zero-order chi connectivity index (χ0) is 15.8. The summed E-state index contributed by atoms with van der Waals surface area (Å²) in [4.78, 5) is 10.2. The van der Waals surface area contributed by atoms with Gasteiger partial charge in [-0.1, -0.05) is 77.6 Å². The van der Waals surface area contributed by atoms with Gasteiger partial charge in [0, 0.05) is 5.97 Å². The fourth-order valence-corrected chi connectivity index (χ4v) is 2.66. The molecule has 0 aliphatic carbocycles. The van der Waals surface area contributed by atoms with E-state index in [9.17, 15) is 15.0 Å². The van der Waals surface area contributed by atoms with E-state index >= 15 is 0 Å². The van der Waals surface area contributed by atoms with E-state index in [-0.39, 0.29) is 70.7 Å². The van der Waals surface area contributed by atoms with Crippen LogP contribution in [0.5, 0.6) is 0 Å². The number of aliphatic carboxylic acids is 1. The van der Waals surface area contributed by atoms with Crippen LogP contribution in [0.2, 0.25) is 0 Å². The first-order valence-corrected chi connectivity index (χ1v) is 9.04. The van der Waals surface area contributed by atoms with Crippen LogP contribution in [0.4, 0.5) is 0 Å². The molecule has 0 amide bonds. The number of carbonyl (C=O) groups is 1. The second kappa shape index (κ2) is 20.3. The fourth-order valence-electron chi connectivity index (χ4n) is 2.66. The quantitative estimate of drug-likeness (QED) is 0.403. The summed E-state index contributed by atoms with van der Waals surface area (Å²) in [5, 5.41) is 20.1. The van der Waals surface area contributed by atoms with Gasteiger partial charge in [-0.25, -0.2) is 0 Å². The molecule has 1 N–H and O–H groups in total. The molecule has 0 fully saturated rings. The van der Waals surface area contributed by atoms with Crippen LogP contribution >= 0.6 is 0 Å².